The van der Waals surface area contributed by atoms with Crippen LogP contribution in [0.5, 0.6) is 0 Å². The summed E-state index contributed by atoms with van der Waals surface area (Å²) in [6.45, 7) is 2.21. The Morgan fingerprint density at radius 1 is 1.40 bits per heavy atom. The molecule has 0 aromatic heterocycles. The standard InChI is InChI=1S/C10H12Cl2N2O/c1-6(5-13)14-10(15)7-2-8(11)4-9(12)3-7/h2-4,6H,5,13H2,1H3,(H,14,15)/t6-/m1/s1. The Hall–Kier alpha value is -0.770. The van der Waals surface area contributed by atoms with Gasteiger partial charge in [-0.05, 0) is 25.1 Å². The van der Waals surface area contributed by atoms with E-state index >= 15 is 0 Å². The zero-order chi connectivity index (χ0) is 11.4. The van der Waals surface area contributed by atoms with Gasteiger partial charge in [0, 0.05) is 28.2 Å². The van der Waals surface area contributed by atoms with Gasteiger partial charge in [0.1, 0.15) is 0 Å². The van der Waals surface area contributed by atoms with Gasteiger partial charge in [-0.1, -0.05) is 23.2 Å². The minimum absolute atomic E-state index is 0.0738. The fourth-order valence-corrected chi connectivity index (χ4v) is 1.58. The molecule has 82 valence electrons. The highest BCUT2D eigenvalue weighted by Gasteiger charge is 2.09. The summed E-state index contributed by atoms with van der Waals surface area (Å²) in [5, 5.41) is 3.60. The number of halogens is 2. The highest BCUT2D eigenvalue weighted by molar-refractivity contribution is 6.35. The van der Waals surface area contributed by atoms with E-state index in [9.17, 15) is 4.79 Å². The van der Waals surface area contributed by atoms with Gasteiger partial charge in [-0.3, -0.25) is 4.79 Å². The van der Waals surface area contributed by atoms with E-state index in [-0.39, 0.29) is 11.9 Å². The van der Waals surface area contributed by atoms with Gasteiger partial charge in [0.15, 0.2) is 0 Å². The minimum atomic E-state index is -0.225. The number of nitrogens with one attached hydrogen (secondary N) is 1. The van der Waals surface area contributed by atoms with Crippen molar-refractivity contribution in [3.05, 3.63) is 33.8 Å². The summed E-state index contributed by atoms with van der Waals surface area (Å²) in [6.07, 6.45) is 0. The number of benzene rings is 1. The van der Waals surface area contributed by atoms with Gasteiger partial charge in [0.25, 0.3) is 5.91 Å². The maximum absolute atomic E-state index is 11.6. The lowest BCUT2D eigenvalue weighted by Gasteiger charge is -2.11. The van der Waals surface area contributed by atoms with E-state index in [2.05, 4.69) is 5.32 Å². The molecule has 0 aliphatic rings. The second-order valence-corrected chi connectivity index (χ2v) is 4.14. The quantitative estimate of drug-likeness (QED) is 0.859. The average Bonchev–Trinajstić information content (AvgIpc) is 2.16. The fourth-order valence-electron chi connectivity index (χ4n) is 1.05. The first-order chi connectivity index (χ1) is 7.02. The zero-order valence-corrected chi connectivity index (χ0v) is 9.77. The Kier molecular flexibility index (Phi) is 4.39. The van der Waals surface area contributed by atoms with Crippen LogP contribution in [-0.4, -0.2) is 18.5 Å². The van der Waals surface area contributed by atoms with Crippen LogP contribution < -0.4 is 11.1 Å². The van der Waals surface area contributed by atoms with Crippen molar-refractivity contribution in [1.82, 2.24) is 5.32 Å². The normalized spacial score (nSPS) is 12.3. The summed E-state index contributed by atoms with van der Waals surface area (Å²) in [5.41, 5.74) is 5.83. The van der Waals surface area contributed by atoms with Gasteiger partial charge in [0.05, 0.1) is 0 Å². The van der Waals surface area contributed by atoms with E-state index in [1.807, 2.05) is 6.92 Å². The SMILES string of the molecule is C[C@H](CN)NC(=O)c1cc(Cl)cc(Cl)c1. The number of hydrogen-bond acceptors (Lipinski definition) is 2. The Balaban J connectivity index is 2.82. The van der Waals surface area contributed by atoms with Crippen LogP contribution in [0.3, 0.4) is 0 Å². The molecule has 1 aromatic rings. The van der Waals surface area contributed by atoms with Gasteiger partial charge in [-0.25, -0.2) is 0 Å². The van der Waals surface area contributed by atoms with E-state index in [4.69, 9.17) is 28.9 Å². The molecule has 0 spiro atoms. The first-order valence-corrected chi connectivity index (χ1v) is 5.25. The molecule has 5 heteroatoms. The van der Waals surface area contributed by atoms with Crippen molar-refractivity contribution >= 4 is 29.1 Å². The van der Waals surface area contributed by atoms with E-state index in [1.54, 1.807) is 18.2 Å². The molecule has 3 N–H and O–H groups in total. The lowest BCUT2D eigenvalue weighted by atomic mass is 10.2. The summed E-state index contributed by atoms with van der Waals surface area (Å²) >= 11 is 11.6. The summed E-state index contributed by atoms with van der Waals surface area (Å²) in [6, 6.07) is 4.62. The minimum Gasteiger partial charge on any atom is -0.348 e. The summed E-state index contributed by atoms with van der Waals surface area (Å²) in [4.78, 5) is 11.6. The number of carbonyl (C=O) groups is 1. The zero-order valence-electron chi connectivity index (χ0n) is 8.26. The van der Waals surface area contributed by atoms with Gasteiger partial charge in [-0.2, -0.15) is 0 Å². The van der Waals surface area contributed by atoms with Crippen LogP contribution in [0.15, 0.2) is 18.2 Å². The fraction of sp³-hybridized carbons (Fsp3) is 0.300. The molecule has 1 amide bonds. The van der Waals surface area contributed by atoms with E-state index < -0.39 is 0 Å². The van der Waals surface area contributed by atoms with Crippen molar-refractivity contribution in [2.75, 3.05) is 6.54 Å². The van der Waals surface area contributed by atoms with Crippen LogP contribution in [0, 0.1) is 0 Å². The molecule has 0 saturated carbocycles. The summed E-state index contributed by atoms with van der Waals surface area (Å²) < 4.78 is 0. The molecule has 1 aromatic carbocycles. The van der Waals surface area contributed by atoms with Gasteiger partial charge in [-0.15, -0.1) is 0 Å². The molecule has 0 fully saturated rings. The van der Waals surface area contributed by atoms with Crippen LogP contribution in [0.2, 0.25) is 10.0 Å². The maximum Gasteiger partial charge on any atom is 0.251 e. The molecule has 0 saturated heterocycles. The molecule has 0 radical (unpaired) electrons. The lowest BCUT2D eigenvalue weighted by molar-refractivity contribution is 0.0941. The van der Waals surface area contributed by atoms with E-state index in [0.717, 1.165) is 0 Å². The Labute approximate surface area is 98.5 Å². The predicted molar refractivity (Wildman–Crippen MR) is 62.4 cm³/mol. The number of rotatable bonds is 3. The first kappa shape index (κ1) is 12.3. The molecular weight excluding hydrogens is 235 g/mol. The molecule has 0 heterocycles. The molecular formula is C10H12Cl2N2O. The topological polar surface area (TPSA) is 55.1 Å². The van der Waals surface area contributed by atoms with Crippen LogP contribution in [0.1, 0.15) is 17.3 Å². The third-order valence-corrected chi connectivity index (χ3v) is 2.29. The van der Waals surface area contributed by atoms with Crippen LogP contribution in [0.25, 0.3) is 0 Å². The highest BCUT2D eigenvalue weighted by Crippen LogP contribution is 2.18. The molecule has 0 bridgehead atoms. The average molecular weight is 247 g/mol. The summed E-state index contributed by atoms with van der Waals surface area (Å²) in [5.74, 6) is -0.225. The second-order valence-electron chi connectivity index (χ2n) is 3.27. The predicted octanol–water partition coefficient (Wildman–Crippen LogP) is 2.07. The van der Waals surface area contributed by atoms with Crippen LogP contribution in [0.4, 0.5) is 0 Å². The van der Waals surface area contributed by atoms with Gasteiger partial charge in [0.2, 0.25) is 0 Å². The van der Waals surface area contributed by atoms with Gasteiger partial charge < -0.3 is 11.1 Å². The third kappa shape index (κ3) is 3.70. The Bertz CT molecular complexity index is 348. The van der Waals surface area contributed by atoms with Crippen molar-refractivity contribution in [2.24, 2.45) is 5.73 Å². The van der Waals surface area contributed by atoms with Gasteiger partial charge >= 0.3 is 0 Å². The number of nitrogens with two attached hydrogens (primary N) is 1. The molecule has 1 rings (SSSR count). The largest absolute Gasteiger partial charge is 0.348 e. The molecule has 3 nitrogen and oxygen atoms in total. The lowest BCUT2D eigenvalue weighted by Crippen LogP contribution is -2.37. The molecule has 0 unspecified atom stereocenters. The molecule has 1 atom stereocenters. The molecule has 0 aliphatic carbocycles. The van der Waals surface area contributed by atoms with Crippen molar-refractivity contribution in [3.8, 4) is 0 Å². The number of carbonyl (C=O) groups excluding carboxylic acids is 1. The molecule has 15 heavy (non-hydrogen) atoms. The Morgan fingerprint density at radius 3 is 2.40 bits per heavy atom. The van der Waals surface area contributed by atoms with E-state index in [0.29, 0.717) is 22.2 Å². The van der Waals surface area contributed by atoms with Crippen molar-refractivity contribution in [2.45, 2.75) is 13.0 Å². The second kappa shape index (κ2) is 5.35. The Morgan fingerprint density at radius 2 is 1.93 bits per heavy atom. The van der Waals surface area contributed by atoms with E-state index in [1.165, 1.54) is 0 Å². The van der Waals surface area contributed by atoms with Crippen LogP contribution in [-0.2, 0) is 0 Å². The van der Waals surface area contributed by atoms with Crippen molar-refractivity contribution in [1.29, 1.82) is 0 Å². The maximum atomic E-state index is 11.6. The molecule has 0 aliphatic heterocycles. The third-order valence-electron chi connectivity index (χ3n) is 1.86. The van der Waals surface area contributed by atoms with Crippen molar-refractivity contribution in [3.63, 3.8) is 0 Å². The summed E-state index contributed by atoms with van der Waals surface area (Å²) in [7, 11) is 0. The smallest absolute Gasteiger partial charge is 0.251 e. The number of amides is 1. The monoisotopic (exact) mass is 246 g/mol. The first-order valence-electron chi connectivity index (χ1n) is 4.50. The highest BCUT2D eigenvalue weighted by atomic mass is 35.5. The number of hydrogen-bond donors (Lipinski definition) is 2. The van der Waals surface area contributed by atoms with Crippen molar-refractivity contribution < 1.29 is 4.79 Å². The van der Waals surface area contributed by atoms with Crippen LogP contribution >= 0.6 is 23.2 Å².